The van der Waals surface area contributed by atoms with Crippen molar-refractivity contribution in [3.63, 3.8) is 0 Å². The number of hydrogen-bond donors (Lipinski definition) is 0. The molecule has 3 rings (SSSR count). The molecule has 0 N–H and O–H groups in total. The normalized spacial score (nSPS) is 11.0. The number of imidazole rings is 1. The van der Waals surface area contributed by atoms with Crippen LogP contribution in [-0.2, 0) is 13.5 Å². The highest BCUT2D eigenvalue weighted by atomic mass is 19.1. The Morgan fingerprint density at radius 2 is 1.95 bits per heavy atom. The van der Waals surface area contributed by atoms with Crippen LogP contribution in [0.15, 0.2) is 42.5 Å². The second-order valence-electron chi connectivity index (χ2n) is 5.11. The van der Waals surface area contributed by atoms with Crippen LogP contribution in [0.4, 0.5) is 4.39 Å². The minimum atomic E-state index is -0.443. The van der Waals surface area contributed by atoms with Crippen LogP contribution in [0.25, 0.3) is 11.0 Å². The molecule has 0 aliphatic rings. The first-order chi connectivity index (χ1) is 10.1. The Kier molecular flexibility index (Phi) is 3.29. The van der Waals surface area contributed by atoms with Gasteiger partial charge < -0.3 is 4.57 Å². The number of carbonyl (C=O) groups is 1. The number of rotatable bonds is 3. The van der Waals surface area contributed by atoms with E-state index < -0.39 is 5.82 Å². The molecule has 0 bridgehead atoms. The summed E-state index contributed by atoms with van der Waals surface area (Å²) in [6.07, 6.45) is 0.0888. The Bertz CT molecular complexity index is 836. The van der Waals surface area contributed by atoms with Crippen LogP contribution in [0.5, 0.6) is 0 Å². The number of Topliss-reactive ketones (excluding diaryl/α,β-unsaturated/α-hetero) is 1. The lowest BCUT2D eigenvalue weighted by molar-refractivity contribution is 0.0986. The summed E-state index contributed by atoms with van der Waals surface area (Å²) >= 11 is 0. The zero-order chi connectivity index (χ0) is 15.0. The Morgan fingerprint density at radius 1 is 1.19 bits per heavy atom. The van der Waals surface area contributed by atoms with Gasteiger partial charge in [-0.1, -0.05) is 24.3 Å². The number of fused-ring (bicyclic) bond motifs is 1. The molecule has 3 aromatic rings. The SMILES string of the molecule is Cc1cccc(C(=O)Cc2nc3ccccc3n2C)c1F. The third-order valence-electron chi connectivity index (χ3n) is 3.69. The molecule has 2 aromatic carbocycles. The monoisotopic (exact) mass is 282 g/mol. The van der Waals surface area contributed by atoms with Gasteiger partial charge in [0, 0.05) is 7.05 Å². The van der Waals surface area contributed by atoms with Crippen LogP contribution >= 0.6 is 0 Å². The summed E-state index contributed by atoms with van der Waals surface area (Å²) in [7, 11) is 1.87. The molecule has 1 heterocycles. The van der Waals surface area contributed by atoms with Crippen molar-refractivity contribution in [2.24, 2.45) is 7.05 Å². The molecule has 0 amide bonds. The first kappa shape index (κ1) is 13.5. The second kappa shape index (κ2) is 5.13. The van der Waals surface area contributed by atoms with Crippen molar-refractivity contribution in [3.8, 4) is 0 Å². The Labute approximate surface area is 122 Å². The average molecular weight is 282 g/mol. The highest BCUT2D eigenvalue weighted by molar-refractivity contribution is 5.98. The molecule has 0 unspecified atom stereocenters. The van der Waals surface area contributed by atoms with E-state index in [0.29, 0.717) is 11.4 Å². The third kappa shape index (κ3) is 2.33. The fourth-order valence-corrected chi connectivity index (χ4v) is 2.46. The fraction of sp³-hybridized carbons (Fsp3) is 0.176. The fourth-order valence-electron chi connectivity index (χ4n) is 2.46. The summed E-state index contributed by atoms with van der Waals surface area (Å²) in [6, 6.07) is 12.5. The Balaban J connectivity index is 1.97. The van der Waals surface area contributed by atoms with E-state index in [-0.39, 0.29) is 17.8 Å². The van der Waals surface area contributed by atoms with Crippen molar-refractivity contribution in [2.75, 3.05) is 0 Å². The molecule has 0 saturated carbocycles. The van der Waals surface area contributed by atoms with Crippen molar-refractivity contribution in [2.45, 2.75) is 13.3 Å². The summed E-state index contributed by atoms with van der Waals surface area (Å²) in [5.41, 5.74) is 2.41. The maximum absolute atomic E-state index is 14.0. The van der Waals surface area contributed by atoms with Gasteiger partial charge in [0.05, 0.1) is 23.0 Å². The molecular formula is C17H15FN2O. The van der Waals surface area contributed by atoms with Crippen LogP contribution in [0.3, 0.4) is 0 Å². The minimum absolute atomic E-state index is 0.0888. The van der Waals surface area contributed by atoms with E-state index in [1.165, 1.54) is 6.07 Å². The van der Waals surface area contributed by atoms with Crippen molar-refractivity contribution < 1.29 is 9.18 Å². The van der Waals surface area contributed by atoms with Gasteiger partial charge in [-0.25, -0.2) is 9.37 Å². The predicted molar refractivity (Wildman–Crippen MR) is 79.9 cm³/mol. The second-order valence-corrected chi connectivity index (χ2v) is 5.11. The topological polar surface area (TPSA) is 34.9 Å². The average Bonchev–Trinajstić information content (AvgIpc) is 2.79. The van der Waals surface area contributed by atoms with E-state index in [9.17, 15) is 9.18 Å². The van der Waals surface area contributed by atoms with E-state index in [2.05, 4.69) is 4.98 Å². The lowest BCUT2D eigenvalue weighted by Gasteiger charge is -2.05. The van der Waals surface area contributed by atoms with E-state index in [4.69, 9.17) is 0 Å². The van der Waals surface area contributed by atoms with Crippen molar-refractivity contribution in [3.05, 3.63) is 65.2 Å². The maximum Gasteiger partial charge on any atom is 0.173 e. The van der Waals surface area contributed by atoms with Crippen LogP contribution < -0.4 is 0 Å². The number of ketones is 1. The van der Waals surface area contributed by atoms with Gasteiger partial charge in [0.25, 0.3) is 0 Å². The quantitative estimate of drug-likeness (QED) is 0.690. The number of benzene rings is 2. The zero-order valence-corrected chi connectivity index (χ0v) is 11.9. The number of carbonyl (C=O) groups excluding carboxylic acids is 1. The van der Waals surface area contributed by atoms with Crippen molar-refractivity contribution >= 4 is 16.8 Å². The van der Waals surface area contributed by atoms with Crippen molar-refractivity contribution in [1.82, 2.24) is 9.55 Å². The Morgan fingerprint density at radius 3 is 2.71 bits per heavy atom. The molecule has 4 heteroatoms. The van der Waals surface area contributed by atoms with Gasteiger partial charge in [-0.3, -0.25) is 4.79 Å². The molecule has 0 saturated heterocycles. The lowest BCUT2D eigenvalue weighted by atomic mass is 10.0. The molecule has 3 nitrogen and oxygen atoms in total. The molecule has 21 heavy (non-hydrogen) atoms. The first-order valence-electron chi connectivity index (χ1n) is 6.76. The van der Waals surface area contributed by atoms with Crippen LogP contribution in [0, 0.1) is 12.7 Å². The molecule has 0 spiro atoms. The standard InChI is InChI=1S/C17H15FN2O/c1-11-6-5-7-12(17(11)18)15(21)10-16-19-13-8-3-4-9-14(13)20(16)2/h3-9H,10H2,1-2H3. The minimum Gasteiger partial charge on any atom is -0.331 e. The summed E-state index contributed by atoms with van der Waals surface area (Å²) in [5.74, 6) is -0.0574. The smallest absolute Gasteiger partial charge is 0.173 e. The molecule has 106 valence electrons. The van der Waals surface area contributed by atoms with Gasteiger partial charge in [-0.2, -0.15) is 0 Å². The zero-order valence-electron chi connectivity index (χ0n) is 11.9. The van der Waals surface area contributed by atoms with E-state index in [1.54, 1.807) is 19.1 Å². The molecular weight excluding hydrogens is 267 g/mol. The number of halogens is 1. The number of nitrogens with zero attached hydrogens (tertiary/aromatic N) is 2. The third-order valence-corrected chi connectivity index (χ3v) is 3.69. The van der Waals surface area contributed by atoms with E-state index >= 15 is 0 Å². The van der Waals surface area contributed by atoms with Gasteiger partial charge in [0.2, 0.25) is 0 Å². The number of aromatic nitrogens is 2. The van der Waals surface area contributed by atoms with Crippen molar-refractivity contribution in [1.29, 1.82) is 0 Å². The Hall–Kier alpha value is -2.49. The predicted octanol–water partition coefficient (Wildman–Crippen LogP) is 3.45. The largest absolute Gasteiger partial charge is 0.331 e. The summed E-state index contributed by atoms with van der Waals surface area (Å²) in [5, 5.41) is 0. The maximum atomic E-state index is 14.0. The van der Waals surface area contributed by atoms with Gasteiger partial charge in [0.1, 0.15) is 11.6 Å². The van der Waals surface area contributed by atoms with Crippen LogP contribution in [-0.4, -0.2) is 15.3 Å². The van der Waals surface area contributed by atoms with Gasteiger partial charge in [0.15, 0.2) is 5.78 Å². The number of aryl methyl sites for hydroxylation is 2. The number of para-hydroxylation sites is 2. The molecule has 1 aromatic heterocycles. The highest BCUT2D eigenvalue weighted by Gasteiger charge is 2.17. The molecule has 0 radical (unpaired) electrons. The van der Waals surface area contributed by atoms with Gasteiger partial charge in [-0.15, -0.1) is 0 Å². The molecule has 0 aliphatic heterocycles. The first-order valence-corrected chi connectivity index (χ1v) is 6.76. The molecule has 0 fully saturated rings. The lowest BCUT2D eigenvalue weighted by Crippen LogP contribution is -2.10. The summed E-state index contributed by atoms with van der Waals surface area (Å²) in [4.78, 5) is 16.8. The van der Waals surface area contributed by atoms with Crippen LogP contribution in [0.1, 0.15) is 21.7 Å². The van der Waals surface area contributed by atoms with Gasteiger partial charge in [-0.05, 0) is 30.7 Å². The van der Waals surface area contributed by atoms with Gasteiger partial charge >= 0.3 is 0 Å². The number of hydrogen-bond acceptors (Lipinski definition) is 2. The van der Waals surface area contributed by atoms with E-state index in [0.717, 1.165) is 11.0 Å². The van der Waals surface area contributed by atoms with Crippen LogP contribution in [0.2, 0.25) is 0 Å². The van der Waals surface area contributed by atoms with E-state index in [1.807, 2.05) is 35.9 Å². The summed E-state index contributed by atoms with van der Waals surface area (Å²) < 4.78 is 15.9. The summed E-state index contributed by atoms with van der Waals surface area (Å²) in [6.45, 7) is 1.65. The molecule has 0 atom stereocenters. The highest BCUT2D eigenvalue weighted by Crippen LogP contribution is 2.18. The molecule has 0 aliphatic carbocycles.